The van der Waals surface area contributed by atoms with Crippen molar-refractivity contribution in [2.24, 2.45) is 5.73 Å². The van der Waals surface area contributed by atoms with E-state index in [2.05, 4.69) is 5.32 Å². The fourth-order valence-corrected chi connectivity index (χ4v) is 2.59. The van der Waals surface area contributed by atoms with Crippen LogP contribution >= 0.6 is 23.2 Å². The van der Waals surface area contributed by atoms with Crippen LogP contribution in [0.2, 0.25) is 10.0 Å². The second-order valence-corrected chi connectivity index (χ2v) is 4.38. The SMILES string of the molecule is NC(=O)c1c(Cl)cc2c(c1Cl)CCNC2=C=O. The minimum atomic E-state index is -0.682. The molecule has 0 spiro atoms. The van der Waals surface area contributed by atoms with E-state index in [0.717, 1.165) is 0 Å². The van der Waals surface area contributed by atoms with E-state index in [1.165, 1.54) is 6.07 Å². The lowest BCUT2D eigenvalue weighted by atomic mass is 9.95. The van der Waals surface area contributed by atoms with Crippen LogP contribution < -0.4 is 11.1 Å². The fourth-order valence-electron chi connectivity index (χ4n) is 1.85. The van der Waals surface area contributed by atoms with E-state index in [9.17, 15) is 9.59 Å². The number of nitrogens with two attached hydrogens (primary N) is 1. The molecule has 1 aromatic rings. The lowest BCUT2D eigenvalue weighted by Gasteiger charge is -2.21. The topological polar surface area (TPSA) is 72.2 Å². The highest BCUT2D eigenvalue weighted by Crippen LogP contribution is 2.34. The van der Waals surface area contributed by atoms with E-state index < -0.39 is 5.91 Å². The zero-order chi connectivity index (χ0) is 12.6. The Morgan fingerprint density at radius 1 is 1.47 bits per heavy atom. The molecule has 1 amide bonds. The maximum absolute atomic E-state index is 11.2. The third-order valence-corrected chi connectivity index (χ3v) is 3.33. The highest BCUT2D eigenvalue weighted by molar-refractivity contribution is 6.40. The highest BCUT2D eigenvalue weighted by atomic mass is 35.5. The summed E-state index contributed by atoms with van der Waals surface area (Å²) >= 11 is 12.0. The summed E-state index contributed by atoms with van der Waals surface area (Å²) in [6.45, 7) is 0.553. The van der Waals surface area contributed by atoms with Crippen molar-refractivity contribution in [2.75, 3.05) is 6.54 Å². The summed E-state index contributed by atoms with van der Waals surface area (Å²) in [5.74, 6) is 1.10. The first-order chi connectivity index (χ1) is 8.06. The molecule has 6 heteroatoms. The van der Waals surface area contributed by atoms with Gasteiger partial charge in [-0.1, -0.05) is 23.2 Å². The predicted octanol–water partition coefficient (Wildman–Crippen LogP) is 1.41. The standard InChI is InChI=1S/C11H8Cl2N2O2/c12-7-3-6-5(1-2-15-8(6)4-16)10(13)9(7)11(14)17/h3,15H,1-2H2,(H2,14,17). The number of carbonyl (C=O) groups excluding carboxylic acids is 2. The van der Waals surface area contributed by atoms with Crippen molar-refractivity contribution in [3.63, 3.8) is 0 Å². The molecule has 0 saturated carbocycles. The van der Waals surface area contributed by atoms with Crippen molar-refractivity contribution in [3.05, 3.63) is 32.8 Å². The van der Waals surface area contributed by atoms with Gasteiger partial charge in [0, 0.05) is 12.1 Å². The van der Waals surface area contributed by atoms with Gasteiger partial charge in [0.15, 0.2) is 5.94 Å². The van der Waals surface area contributed by atoms with Gasteiger partial charge in [-0.05, 0) is 18.1 Å². The first kappa shape index (κ1) is 12.0. The molecule has 0 aromatic heterocycles. The number of primary amides is 1. The number of amides is 1. The second-order valence-electron chi connectivity index (χ2n) is 3.59. The van der Waals surface area contributed by atoms with Crippen LogP contribution in [0.3, 0.4) is 0 Å². The Morgan fingerprint density at radius 2 is 2.18 bits per heavy atom. The van der Waals surface area contributed by atoms with Crippen LogP contribution in [0, 0.1) is 0 Å². The average Bonchev–Trinajstić information content (AvgIpc) is 2.28. The zero-order valence-corrected chi connectivity index (χ0v) is 10.2. The third-order valence-electron chi connectivity index (χ3n) is 2.61. The van der Waals surface area contributed by atoms with Crippen LogP contribution in [0.25, 0.3) is 5.70 Å². The molecule has 17 heavy (non-hydrogen) atoms. The molecule has 0 unspecified atom stereocenters. The van der Waals surface area contributed by atoms with Crippen molar-refractivity contribution < 1.29 is 9.59 Å². The number of carbonyl (C=O) groups is 1. The summed E-state index contributed by atoms with van der Waals surface area (Å²) in [6, 6.07) is 1.51. The number of fused-ring (bicyclic) bond motifs is 1. The van der Waals surface area contributed by atoms with E-state index >= 15 is 0 Å². The summed E-state index contributed by atoms with van der Waals surface area (Å²) in [6.07, 6.45) is 0.594. The molecule has 3 N–H and O–H groups in total. The van der Waals surface area contributed by atoms with Gasteiger partial charge < -0.3 is 11.1 Å². The van der Waals surface area contributed by atoms with Crippen molar-refractivity contribution in [1.29, 1.82) is 0 Å². The number of rotatable bonds is 1. The number of hydrogen-bond donors (Lipinski definition) is 2. The lowest BCUT2D eigenvalue weighted by Crippen LogP contribution is -2.25. The van der Waals surface area contributed by atoms with E-state index in [1.807, 2.05) is 0 Å². The molecule has 0 radical (unpaired) electrons. The molecule has 0 atom stereocenters. The number of hydrogen-bond acceptors (Lipinski definition) is 3. The molecule has 1 aliphatic heterocycles. The Labute approximate surface area is 107 Å². The Morgan fingerprint density at radius 3 is 2.76 bits per heavy atom. The number of benzene rings is 1. The molecule has 4 nitrogen and oxygen atoms in total. The van der Waals surface area contributed by atoms with Gasteiger partial charge in [0.25, 0.3) is 5.91 Å². The summed E-state index contributed by atoms with van der Waals surface area (Å²) in [5.41, 5.74) is 6.87. The van der Waals surface area contributed by atoms with Gasteiger partial charge in [0.1, 0.15) is 5.70 Å². The predicted molar refractivity (Wildman–Crippen MR) is 65.8 cm³/mol. The van der Waals surface area contributed by atoms with Crippen molar-refractivity contribution >= 4 is 40.7 Å². The molecule has 1 aromatic carbocycles. The minimum Gasteiger partial charge on any atom is -0.375 e. The second kappa shape index (κ2) is 4.41. The molecular formula is C11H8Cl2N2O2. The zero-order valence-electron chi connectivity index (χ0n) is 8.64. The Hall–Kier alpha value is -1.48. The molecule has 1 aliphatic rings. The van der Waals surface area contributed by atoms with E-state index in [4.69, 9.17) is 28.9 Å². The van der Waals surface area contributed by atoms with Gasteiger partial charge in [-0.25, -0.2) is 4.79 Å². The molecule has 2 rings (SSSR count). The molecule has 1 heterocycles. The van der Waals surface area contributed by atoms with Crippen LogP contribution in [-0.2, 0) is 11.2 Å². The van der Waals surface area contributed by atoms with Crippen LogP contribution in [-0.4, -0.2) is 18.4 Å². The smallest absolute Gasteiger partial charge is 0.251 e. The summed E-state index contributed by atoms with van der Waals surface area (Å²) < 4.78 is 0. The summed E-state index contributed by atoms with van der Waals surface area (Å²) in [4.78, 5) is 22.0. The fraction of sp³-hybridized carbons (Fsp3) is 0.182. The van der Waals surface area contributed by atoms with Crippen molar-refractivity contribution in [1.82, 2.24) is 5.32 Å². The van der Waals surface area contributed by atoms with E-state index in [1.54, 1.807) is 5.94 Å². The van der Waals surface area contributed by atoms with Crippen LogP contribution in [0.15, 0.2) is 6.07 Å². The Kier molecular flexibility index (Phi) is 3.11. The number of halogens is 2. The first-order valence-electron chi connectivity index (χ1n) is 4.86. The Balaban J connectivity index is 2.76. The molecule has 0 fully saturated rings. The largest absolute Gasteiger partial charge is 0.375 e. The van der Waals surface area contributed by atoms with Gasteiger partial charge in [0.05, 0.1) is 15.6 Å². The molecule has 0 bridgehead atoms. The maximum atomic E-state index is 11.2. The van der Waals surface area contributed by atoms with Crippen LogP contribution in [0.5, 0.6) is 0 Å². The van der Waals surface area contributed by atoms with E-state index in [0.29, 0.717) is 29.8 Å². The molecular weight excluding hydrogens is 263 g/mol. The quantitative estimate of drug-likeness (QED) is 0.758. The monoisotopic (exact) mass is 270 g/mol. The normalized spacial score (nSPS) is 13.6. The van der Waals surface area contributed by atoms with Gasteiger partial charge in [-0.15, -0.1) is 0 Å². The third kappa shape index (κ3) is 1.91. The molecule has 0 saturated heterocycles. The lowest BCUT2D eigenvalue weighted by molar-refractivity contribution is 0.100. The summed E-state index contributed by atoms with van der Waals surface area (Å²) in [5, 5.41) is 3.24. The van der Waals surface area contributed by atoms with Gasteiger partial charge in [0.2, 0.25) is 0 Å². The van der Waals surface area contributed by atoms with E-state index in [-0.39, 0.29) is 15.6 Å². The van der Waals surface area contributed by atoms with Crippen LogP contribution in [0.4, 0.5) is 0 Å². The summed E-state index contributed by atoms with van der Waals surface area (Å²) in [7, 11) is 0. The van der Waals surface area contributed by atoms with Crippen LogP contribution in [0.1, 0.15) is 21.5 Å². The maximum Gasteiger partial charge on any atom is 0.251 e. The highest BCUT2D eigenvalue weighted by Gasteiger charge is 2.23. The first-order valence-corrected chi connectivity index (χ1v) is 5.62. The van der Waals surface area contributed by atoms with Gasteiger partial charge in [-0.2, -0.15) is 0 Å². The Bertz CT molecular complexity index is 563. The molecule has 88 valence electrons. The van der Waals surface area contributed by atoms with Crippen molar-refractivity contribution in [2.45, 2.75) is 6.42 Å². The number of nitrogens with one attached hydrogen (secondary N) is 1. The minimum absolute atomic E-state index is 0.0965. The average molecular weight is 271 g/mol. The van der Waals surface area contributed by atoms with Gasteiger partial charge >= 0.3 is 0 Å². The molecule has 0 aliphatic carbocycles. The van der Waals surface area contributed by atoms with Crippen molar-refractivity contribution in [3.8, 4) is 0 Å². The van der Waals surface area contributed by atoms with Gasteiger partial charge in [-0.3, -0.25) is 4.79 Å².